The largest absolute Gasteiger partial charge is 0.489 e. The fraction of sp³-hybridized carbons (Fsp3) is 0.100. The number of aromatic nitrogens is 2. The summed E-state index contributed by atoms with van der Waals surface area (Å²) in [6, 6.07) is 30.2. The lowest BCUT2D eigenvalue weighted by atomic mass is 9.78. The Kier molecular flexibility index (Phi) is 5.62. The number of hydrogen-bond acceptors (Lipinski definition) is 5. The van der Waals surface area contributed by atoms with E-state index in [1.165, 1.54) is 6.07 Å². The highest BCUT2D eigenvalue weighted by Crippen LogP contribution is 2.46. The van der Waals surface area contributed by atoms with Gasteiger partial charge in [-0.05, 0) is 40.6 Å². The smallest absolute Gasteiger partial charge is 0.244 e. The van der Waals surface area contributed by atoms with E-state index in [4.69, 9.17) is 14.9 Å². The van der Waals surface area contributed by atoms with Gasteiger partial charge < -0.3 is 9.47 Å². The first kappa shape index (κ1) is 22.5. The summed E-state index contributed by atoms with van der Waals surface area (Å²) in [6.45, 7) is 0.0701. The summed E-state index contributed by atoms with van der Waals surface area (Å²) in [4.78, 5) is 0. The number of fused-ring (bicyclic) bond motifs is 2. The second-order valence-electron chi connectivity index (χ2n) is 8.88. The molecule has 1 aromatic heterocycles. The molecule has 0 saturated heterocycles. The van der Waals surface area contributed by atoms with E-state index in [1.807, 2.05) is 54.6 Å². The minimum absolute atomic E-state index is 0.0701. The number of H-pyrrole nitrogens is 1. The molecule has 2 atom stereocenters. The fourth-order valence-electron chi connectivity index (χ4n) is 4.82. The van der Waals surface area contributed by atoms with Crippen LogP contribution >= 0.6 is 0 Å². The molecule has 0 aliphatic carbocycles. The molecule has 2 heterocycles. The van der Waals surface area contributed by atoms with Crippen molar-refractivity contribution in [3.63, 3.8) is 0 Å². The molecule has 0 fully saturated rings. The Morgan fingerprint density at radius 1 is 0.973 bits per heavy atom. The summed E-state index contributed by atoms with van der Waals surface area (Å²) >= 11 is 0. The maximum atomic E-state index is 14.1. The van der Waals surface area contributed by atoms with Gasteiger partial charge in [0.25, 0.3) is 0 Å². The van der Waals surface area contributed by atoms with E-state index in [-0.39, 0.29) is 24.2 Å². The van der Waals surface area contributed by atoms with Crippen LogP contribution in [0.4, 0.5) is 4.39 Å². The van der Waals surface area contributed by atoms with Crippen LogP contribution in [0.15, 0.2) is 91.0 Å². The second kappa shape index (κ2) is 9.25. The van der Waals surface area contributed by atoms with Gasteiger partial charge in [0.1, 0.15) is 24.1 Å². The van der Waals surface area contributed by atoms with E-state index < -0.39 is 11.8 Å². The van der Waals surface area contributed by atoms with Gasteiger partial charge in [0.15, 0.2) is 0 Å². The molecule has 180 valence electrons. The third kappa shape index (κ3) is 4.09. The van der Waals surface area contributed by atoms with Crippen LogP contribution in [0.3, 0.4) is 0 Å². The highest BCUT2D eigenvalue weighted by Gasteiger charge is 2.41. The molecule has 4 aromatic carbocycles. The molecule has 6 rings (SSSR count). The van der Waals surface area contributed by atoms with E-state index in [2.05, 4.69) is 22.3 Å². The zero-order valence-corrected chi connectivity index (χ0v) is 19.6. The molecular weight excluding hydrogens is 467 g/mol. The number of ether oxygens (including phenoxy) is 2. The number of nitrogens with one attached hydrogen (secondary N) is 2. The van der Waals surface area contributed by atoms with Crippen molar-refractivity contribution in [3.8, 4) is 29.0 Å². The Hall–Kier alpha value is -4.96. The first-order valence-corrected chi connectivity index (χ1v) is 11.8. The monoisotopic (exact) mass is 488 g/mol. The number of nitrogens with zero attached hydrogens (tertiary/aromatic N) is 2. The van der Waals surface area contributed by atoms with Crippen LogP contribution in [0.25, 0.3) is 22.0 Å². The number of halogens is 1. The van der Waals surface area contributed by atoms with Crippen molar-refractivity contribution in [2.75, 3.05) is 0 Å². The molecule has 0 bridgehead atoms. The maximum absolute atomic E-state index is 14.1. The van der Waals surface area contributed by atoms with Gasteiger partial charge in [-0.3, -0.25) is 10.5 Å². The van der Waals surface area contributed by atoms with Gasteiger partial charge in [-0.25, -0.2) is 4.39 Å². The van der Waals surface area contributed by atoms with Gasteiger partial charge in [-0.15, -0.1) is 5.10 Å². The van der Waals surface area contributed by atoms with Crippen molar-refractivity contribution >= 4 is 16.7 Å². The first-order chi connectivity index (χ1) is 18.1. The molecule has 0 radical (unpaired) electrons. The Labute approximate surface area is 212 Å². The standard InChI is InChI=1S/C30H21FN4O2/c31-25-11-4-3-8-22(25)17-36-23-10-5-9-20(15-23)26-24(16-32)29(33)37-30-27(26)28(34-35-30)21-13-12-18-6-1-2-7-19(18)14-21/h1-15,24,26,33H,17H2,(H,34,35). The fourth-order valence-corrected chi connectivity index (χ4v) is 4.82. The summed E-state index contributed by atoms with van der Waals surface area (Å²) < 4.78 is 25.6. The lowest BCUT2D eigenvalue weighted by Gasteiger charge is -2.28. The van der Waals surface area contributed by atoms with Crippen LogP contribution in [-0.4, -0.2) is 16.1 Å². The van der Waals surface area contributed by atoms with Gasteiger partial charge in [0.05, 0.1) is 17.3 Å². The summed E-state index contributed by atoms with van der Waals surface area (Å²) in [6.07, 6.45) is 0. The summed E-state index contributed by atoms with van der Waals surface area (Å²) in [5, 5.41) is 28.0. The van der Waals surface area contributed by atoms with Crippen molar-refractivity contribution in [1.29, 1.82) is 10.7 Å². The second-order valence-corrected chi connectivity index (χ2v) is 8.88. The topological polar surface area (TPSA) is 94.8 Å². The van der Waals surface area contributed by atoms with Crippen LogP contribution in [0, 0.1) is 28.5 Å². The normalized spacial score (nSPS) is 16.6. The van der Waals surface area contributed by atoms with Crippen LogP contribution in [0.2, 0.25) is 0 Å². The zero-order chi connectivity index (χ0) is 25.4. The predicted octanol–water partition coefficient (Wildman–Crippen LogP) is 6.59. The quantitative estimate of drug-likeness (QED) is 0.292. The molecule has 5 aromatic rings. The Balaban J connectivity index is 1.41. The van der Waals surface area contributed by atoms with Crippen LogP contribution < -0.4 is 9.47 Å². The third-order valence-corrected chi connectivity index (χ3v) is 6.65. The van der Waals surface area contributed by atoms with Crippen LogP contribution in [0.5, 0.6) is 11.6 Å². The number of rotatable bonds is 5. The van der Waals surface area contributed by atoms with Crippen LogP contribution in [-0.2, 0) is 6.61 Å². The van der Waals surface area contributed by atoms with Gasteiger partial charge >= 0.3 is 0 Å². The van der Waals surface area contributed by atoms with E-state index in [0.717, 1.165) is 27.6 Å². The molecule has 37 heavy (non-hydrogen) atoms. The van der Waals surface area contributed by atoms with Gasteiger partial charge in [0.2, 0.25) is 11.8 Å². The predicted molar refractivity (Wildman–Crippen MR) is 138 cm³/mol. The van der Waals surface area contributed by atoms with Crippen molar-refractivity contribution in [2.45, 2.75) is 12.5 Å². The van der Waals surface area contributed by atoms with Gasteiger partial charge in [-0.2, -0.15) is 5.26 Å². The van der Waals surface area contributed by atoms with E-state index in [0.29, 0.717) is 16.9 Å². The van der Waals surface area contributed by atoms with E-state index in [1.54, 1.807) is 24.3 Å². The molecule has 0 saturated carbocycles. The molecular formula is C30H21FN4O2. The Bertz CT molecular complexity index is 1690. The first-order valence-electron chi connectivity index (χ1n) is 11.8. The molecule has 2 unspecified atom stereocenters. The third-order valence-electron chi connectivity index (χ3n) is 6.65. The number of benzene rings is 4. The molecule has 0 spiro atoms. The summed E-state index contributed by atoms with van der Waals surface area (Å²) in [7, 11) is 0. The highest BCUT2D eigenvalue weighted by atomic mass is 19.1. The highest BCUT2D eigenvalue weighted by molar-refractivity contribution is 5.90. The average molecular weight is 489 g/mol. The van der Waals surface area contributed by atoms with Crippen molar-refractivity contribution < 1.29 is 13.9 Å². The van der Waals surface area contributed by atoms with E-state index >= 15 is 0 Å². The maximum Gasteiger partial charge on any atom is 0.244 e. The molecule has 6 nitrogen and oxygen atoms in total. The molecule has 2 N–H and O–H groups in total. The Morgan fingerprint density at radius 3 is 2.62 bits per heavy atom. The molecule has 1 aliphatic heterocycles. The minimum atomic E-state index is -0.855. The molecule has 7 heteroatoms. The zero-order valence-electron chi connectivity index (χ0n) is 19.6. The van der Waals surface area contributed by atoms with Gasteiger partial charge in [0, 0.05) is 17.0 Å². The van der Waals surface area contributed by atoms with Crippen molar-refractivity contribution in [1.82, 2.24) is 10.2 Å². The molecule has 0 amide bonds. The minimum Gasteiger partial charge on any atom is -0.489 e. The van der Waals surface area contributed by atoms with E-state index in [9.17, 15) is 9.65 Å². The average Bonchev–Trinajstić information content (AvgIpc) is 3.35. The van der Waals surface area contributed by atoms with Crippen molar-refractivity contribution in [3.05, 3.63) is 114 Å². The lowest BCUT2D eigenvalue weighted by molar-refractivity contribution is 0.299. The summed E-state index contributed by atoms with van der Waals surface area (Å²) in [5.74, 6) is -1.04. The summed E-state index contributed by atoms with van der Waals surface area (Å²) in [5.41, 5.74) is 3.57. The van der Waals surface area contributed by atoms with Gasteiger partial charge in [-0.1, -0.05) is 66.7 Å². The SMILES string of the molecule is N#CC1C(=N)Oc2n[nH]c(-c3ccc4ccccc4c3)c2C1c1cccc(OCc2ccccc2F)c1. The molecule has 1 aliphatic rings. The lowest BCUT2D eigenvalue weighted by Crippen LogP contribution is -2.30. The van der Waals surface area contributed by atoms with Crippen molar-refractivity contribution in [2.24, 2.45) is 5.92 Å². The number of nitriles is 1. The van der Waals surface area contributed by atoms with Crippen LogP contribution in [0.1, 0.15) is 22.6 Å². The Morgan fingerprint density at radius 2 is 1.78 bits per heavy atom. The number of hydrogen-bond donors (Lipinski definition) is 2. The number of aromatic amines is 1.